The number of ether oxygens (including phenoxy) is 3. The third-order valence-corrected chi connectivity index (χ3v) is 3.52. The van der Waals surface area contributed by atoms with Crippen molar-refractivity contribution in [2.45, 2.75) is 26.0 Å². The van der Waals surface area contributed by atoms with Crippen molar-refractivity contribution in [2.24, 2.45) is 0 Å². The fraction of sp³-hybridized carbons (Fsp3) is 0.467. The topological polar surface area (TPSA) is 82.8 Å². The summed E-state index contributed by atoms with van der Waals surface area (Å²) in [7, 11) is 4.63. The SMILES string of the molecule is CCC(C(=O)O)n1c(COC)nc2cc(OC)c(OC)cc21. The molecule has 0 bridgehead atoms. The zero-order valence-electron chi connectivity index (χ0n) is 13.1. The molecule has 1 N–H and O–H groups in total. The van der Waals surface area contributed by atoms with Crippen LogP contribution in [0.3, 0.4) is 0 Å². The van der Waals surface area contributed by atoms with Gasteiger partial charge in [-0.2, -0.15) is 0 Å². The van der Waals surface area contributed by atoms with E-state index in [9.17, 15) is 9.90 Å². The molecule has 120 valence electrons. The smallest absolute Gasteiger partial charge is 0.326 e. The van der Waals surface area contributed by atoms with Crippen molar-refractivity contribution >= 4 is 17.0 Å². The van der Waals surface area contributed by atoms with Crippen LogP contribution in [0, 0.1) is 0 Å². The standard InChI is InChI=1S/C15H20N2O5/c1-5-10(15(18)19)17-11-7-13(22-4)12(21-3)6-9(11)16-14(17)8-20-2/h6-7,10H,5,8H2,1-4H3,(H,18,19). The Hall–Kier alpha value is -2.28. The Bertz CT molecular complexity index is 680. The third-order valence-electron chi connectivity index (χ3n) is 3.52. The van der Waals surface area contributed by atoms with Crippen molar-refractivity contribution in [1.29, 1.82) is 0 Å². The first-order chi connectivity index (χ1) is 10.6. The largest absolute Gasteiger partial charge is 0.493 e. The van der Waals surface area contributed by atoms with Crippen LogP contribution in [-0.4, -0.2) is 42.0 Å². The number of hydrogen-bond acceptors (Lipinski definition) is 5. The van der Waals surface area contributed by atoms with Gasteiger partial charge >= 0.3 is 5.97 Å². The number of rotatable bonds is 7. The monoisotopic (exact) mass is 308 g/mol. The highest BCUT2D eigenvalue weighted by Crippen LogP contribution is 2.34. The number of aromatic nitrogens is 2. The van der Waals surface area contributed by atoms with Gasteiger partial charge in [0.05, 0.1) is 25.3 Å². The first-order valence-electron chi connectivity index (χ1n) is 6.91. The number of aliphatic carboxylic acids is 1. The highest BCUT2D eigenvalue weighted by molar-refractivity contribution is 5.83. The molecule has 0 fully saturated rings. The van der Waals surface area contributed by atoms with Crippen LogP contribution in [0.25, 0.3) is 11.0 Å². The Kier molecular flexibility index (Phi) is 4.87. The van der Waals surface area contributed by atoms with Gasteiger partial charge in [-0.25, -0.2) is 9.78 Å². The summed E-state index contributed by atoms with van der Waals surface area (Å²) in [5.74, 6) is 0.725. The van der Waals surface area contributed by atoms with Crippen LogP contribution < -0.4 is 9.47 Å². The molecule has 1 heterocycles. The molecule has 0 radical (unpaired) electrons. The second kappa shape index (κ2) is 6.65. The quantitative estimate of drug-likeness (QED) is 0.844. The van der Waals surface area contributed by atoms with Crippen molar-refractivity contribution < 1.29 is 24.1 Å². The van der Waals surface area contributed by atoms with Crippen molar-refractivity contribution in [2.75, 3.05) is 21.3 Å². The molecule has 2 rings (SSSR count). The minimum Gasteiger partial charge on any atom is -0.493 e. The summed E-state index contributed by atoms with van der Waals surface area (Å²) in [5, 5.41) is 9.48. The molecule has 1 atom stereocenters. The number of fused-ring (bicyclic) bond motifs is 1. The minimum absolute atomic E-state index is 0.225. The second-order valence-electron chi connectivity index (χ2n) is 4.79. The van der Waals surface area contributed by atoms with E-state index in [2.05, 4.69) is 4.98 Å². The number of imidazole rings is 1. The van der Waals surface area contributed by atoms with Crippen LogP contribution >= 0.6 is 0 Å². The molecule has 0 aliphatic carbocycles. The fourth-order valence-electron chi connectivity index (χ4n) is 2.52. The zero-order valence-corrected chi connectivity index (χ0v) is 13.1. The van der Waals surface area contributed by atoms with E-state index in [1.807, 2.05) is 6.92 Å². The summed E-state index contributed by atoms with van der Waals surface area (Å²) in [6.07, 6.45) is 0.436. The Morgan fingerprint density at radius 1 is 1.27 bits per heavy atom. The average Bonchev–Trinajstić information content (AvgIpc) is 2.84. The van der Waals surface area contributed by atoms with Gasteiger partial charge in [0.25, 0.3) is 0 Å². The molecule has 7 heteroatoms. The minimum atomic E-state index is -0.908. The third kappa shape index (κ3) is 2.71. The Labute approximate surface area is 128 Å². The summed E-state index contributed by atoms with van der Waals surface area (Å²) in [5.41, 5.74) is 1.32. The van der Waals surface area contributed by atoms with Gasteiger partial charge in [-0.3, -0.25) is 0 Å². The number of carboxylic acids is 1. The van der Waals surface area contributed by atoms with Gasteiger partial charge in [0, 0.05) is 19.2 Å². The summed E-state index contributed by atoms with van der Waals surface area (Å²) in [4.78, 5) is 16.0. The lowest BCUT2D eigenvalue weighted by Gasteiger charge is -2.16. The molecular formula is C15H20N2O5. The highest BCUT2D eigenvalue weighted by Gasteiger charge is 2.24. The van der Waals surface area contributed by atoms with Gasteiger partial charge in [0.15, 0.2) is 11.5 Å². The van der Waals surface area contributed by atoms with E-state index in [0.29, 0.717) is 34.8 Å². The number of nitrogens with zero attached hydrogens (tertiary/aromatic N) is 2. The number of hydrogen-bond donors (Lipinski definition) is 1. The lowest BCUT2D eigenvalue weighted by Crippen LogP contribution is -2.20. The van der Waals surface area contributed by atoms with E-state index in [0.717, 1.165) is 0 Å². The van der Waals surface area contributed by atoms with Crippen molar-refractivity contribution in [1.82, 2.24) is 9.55 Å². The summed E-state index contributed by atoms with van der Waals surface area (Å²) < 4.78 is 17.4. The van der Waals surface area contributed by atoms with Crippen LogP contribution in [0.5, 0.6) is 11.5 Å². The molecule has 7 nitrogen and oxygen atoms in total. The van der Waals surface area contributed by atoms with E-state index in [1.54, 1.807) is 30.9 Å². The van der Waals surface area contributed by atoms with Crippen molar-refractivity contribution in [3.8, 4) is 11.5 Å². The van der Waals surface area contributed by atoms with Crippen LogP contribution in [0.1, 0.15) is 25.2 Å². The first-order valence-corrected chi connectivity index (χ1v) is 6.91. The van der Waals surface area contributed by atoms with Crippen molar-refractivity contribution in [3.63, 3.8) is 0 Å². The Balaban J connectivity index is 2.74. The van der Waals surface area contributed by atoms with Gasteiger partial charge in [-0.1, -0.05) is 6.92 Å². The Morgan fingerprint density at radius 2 is 1.91 bits per heavy atom. The van der Waals surface area contributed by atoms with Gasteiger partial charge in [0.2, 0.25) is 0 Å². The molecule has 0 saturated carbocycles. The molecular weight excluding hydrogens is 288 g/mol. The molecule has 0 saturated heterocycles. The number of benzene rings is 1. The van der Waals surface area contributed by atoms with E-state index >= 15 is 0 Å². The van der Waals surface area contributed by atoms with E-state index in [1.165, 1.54) is 7.11 Å². The van der Waals surface area contributed by atoms with E-state index in [-0.39, 0.29) is 6.61 Å². The lowest BCUT2D eigenvalue weighted by molar-refractivity contribution is -0.141. The van der Waals surface area contributed by atoms with E-state index < -0.39 is 12.0 Å². The molecule has 22 heavy (non-hydrogen) atoms. The highest BCUT2D eigenvalue weighted by atomic mass is 16.5. The summed E-state index contributed by atoms with van der Waals surface area (Å²) in [6.45, 7) is 2.05. The Morgan fingerprint density at radius 3 is 2.41 bits per heavy atom. The lowest BCUT2D eigenvalue weighted by atomic mass is 10.2. The van der Waals surface area contributed by atoms with Crippen LogP contribution in [0.15, 0.2) is 12.1 Å². The molecule has 1 aromatic heterocycles. The molecule has 0 aliphatic heterocycles. The zero-order chi connectivity index (χ0) is 16.3. The average molecular weight is 308 g/mol. The van der Waals surface area contributed by atoms with Gasteiger partial charge < -0.3 is 23.9 Å². The predicted octanol–water partition coefficient (Wildman–Crippen LogP) is 2.24. The summed E-state index contributed by atoms with van der Waals surface area (Å²) in [6, 6.07) is 2.76. The maximum Gasteiger partial charge on any atom is 0.326 e. The fourth-order valence-corrected chi connectivity index (χ4v) is 2.52. The maximum atomic E-state index is 11.6. The van der Waals surface area contributed by atoms with Gasteiger partial charge in [-0.05, 0) is 6.42 Å². The molecule has 0 spiro atoms. The van der Waals surface area contributed by atoms with Gasteiger partial charge in [-0.15, -0.1) is 0 Å². The number of carboxylic acid groups (broad SMARTS) is 1. The molecule has 0 amide bonds. The normalized spacial score (nSPS) is 12.4. The van der Waals surface area contributed by atoms with Crippen molar-refractivity contribution in [3.05, 3.63) is 18.0 Å². The maximum absolute atomic E-state index is 11.6. The van der Waals surface area contributed by atoms with Gasteiger partial charge in [0.1, 0.15) is 18.5 Å². The van der Waals surface area contributed by atoms with Crippen LogP contribution in [0.2, 0.25) is 0 Å². The molecule has 0 aliphatic rings. The first kappa shape index (κ1) is 16.1. The number of methoxy groups -OCH3 is 3. The summed E-state index contributed by atoms with van der Waals surface area (Å²) >= 11 is 0. The predicted molar refractivity (Wildman–Crippen MR) is 80.5 cm³/mol. The molecule has 1 aromatic carbocycles. The van der Waals surface area contributed by atoms with Crippen LogP contribution in [-0.2, 0) is 16.1 Å². The number of carbonyl (C=O) groups is 1. The second-order valence-corrected chi connectivity index (χ2v) is 4.79. The molecule has 2 aromatic rings. The molecule has 1 unspecified atom stereocenters. The van der Waals surface area contributed by atoms with Crippen LogP contribution in [0.4, 0.5) is 0 Å². The van der Waals surface area contributed by atoms with E-state index in [4.69, 9.17) is 14.2 Å².